The van der Waals surface area contributed by atoms with Crippen molar-refractivity contribution in [3.63, 3.8) is 0 Å². The summed E-state index contributed by atoms with van der Waals surface area (Å²) in [7, 11) is 0. The molecule has 90 valence electrons. The van der Waals surface area contributed by atoms with Crippen LogP contribution in [0.2, 0.25) is 0 Å². The molecule has 0 saturated carbocycles. The smallest absolute Gasteiger partial charge is 0.207 e. The lowest BCUT2D eigenvalue weighted by atomic mass is 10.3. The van der Waals surface area contributed by atoms with E-state index in [4.69, 9.17) is 0 Å². The monoisotopic (exact) mass is 293 g/mol. The zero-order valence-electron chi connectivity index (χ0n) is 10.1. The molecular formula is C13H16BrN3. The second-order valence-electron chi connectivity index (χ2n) is 4.03. The van der Waals surface area contributed by atoms with Gasteiger partial charge in [-0.05, 0) is 37.6 Å². The van der Waals surface area contributed by atoms with Crippen molar-refractivity contribution in [2.75, 3.05) is 5.32 Å². The van der Waals surface area contributed by atoms with Crippen molar-refractivity contribution < 1.29 is 0 Å². The van der Waals surface area contributed by atoms with Crippen LogP contribution in [0.1, 0.15) is 19.0 Å². The van der Waals surface area contributed by atoms with Gasteiger partial charge in [-0.1, -0.05) is 22.9 Å². The number of hydrogen-bond acceptors (Lipinski definition) is 2. The SMILES string of the molecule is CCCn1cc(C)nc1Nc1ccc(Br)cc1. The van der Waals surface area contributed by atoms with Gasteiger partial charge in [-0.15, -0.1) is 0 Å². The van der Waals surface area contributed by atoms with Crippen LogP contribution in [0, 0.1) is 6.92 Å². The van der Waals surface area contributed by atoms with Crippen LogP contribution >= 0.6 is 15.9 Å². The van der Waals surface area contributed by atoms with Crippen molar-refractivity contribution >= 4 is 27.6 Å². The number of rotatable bonds is 4. The highest BCUT2D eigenvalue weighted by Gasteiger charge is 2.04. The van der Waals surface area contributed by atoms with Crippen LogP contribution in [0.4, 0.5) is 11.6 Å². The fourth-order valence-electron chi connectivity index (χ4n) is 1.72. The molecule has 2 rings (SSSR count). The average molecular weight is 294 g/mol. The van der Waals surface area contributed by atoms with Gasteiger partial charge in [0.1, 0.15) is 0 Å². The molecule has 0 aliphatic rings. The lowest BCUT2D eigenvalue weighted by Gasteiger charge is -2.08. The number of benzene rings is 1. The van der Waals surface area contributed by atoms with E-state index in [0.29, 0.717) is 0 Å². The number of nitrogens with zero attached hydrogens (tertiary/aromatic N) is 2. The highest BCUT2D eigenvalue weighted by Crippen LogP contribution is 2.19. The molecule has 0 spiro atoms. The van der Waals surface area contributed by atoms with Crippen LogP contribution in [0.3, 0.4) is 0 Å². The van der Waals surface area contributed by atoms with E-state index in [1.54, 1.807) is 0 Å². The number of imidazole rings is 1. The zero-order chi connectivity index (χ0) is 12.3. The lowest BCUT2D eigenvalue weighted by Crippen LogP contribution is -2.02. The van der Waals surface area contributed by atoms with Crippen molar-refractivity contribution in [3.8, 4) is 0 Å². The summed E-state index contributed by atoms with van der Waals surface area (Å²) in [6, 6.07) is 8.10. The molecule has 0 aliphatic heterocycles. The maximum absolute atomic E-state index is 4.49. The minimum Gasteiger partial charge on any atom is -0.326 e. The summed E-state index contributed by atoms with van der Waals surface area (Å²) in [4.78, 5) is 4.49. The Morgan fingerprint density at radius 2 is 2.00 bits per heavy atom. The quantitative estimate of drug-likeness (QED) is 0.919. The second kappa shape index (κ2) is 5.36. The first kappa shape index (κ1) is 12.2. The molecule has 0 saturated heterocycles. The summed E-state index contributed by atoms with van der Waals surface area (Å²) in [6.07, 6.45) is 3.18. The van der Waals surface area contributed by atoms with E-state index in [0.717, 1.165) is 34.8 Å². The Hall–Kier alpha value is -1.29. The molecule has 0 bridgehead atoms. The minimum atomic E-state index is 0.909. The standard InChI is InChI=1S/C13H16BrN3/c1-3-8-17-9-10(2)15-13(17)16-12-6-4-11(14)5-7-12/h4-7,9H,3,8H2,1-2H3,(H,15,16). The van der Waals surface area contributed by atoms with E-state index >= 15 is 0 Å². The molecular weight excluding hydrogens is 278 g/mol. The maximum Gasteiger partial charge on any atom is 0.207 e. The van der Waals surface area contributed by atoms with Gasteiger partial charge in [-0.25, -0.2) is 4.98 Å². The van der Waals surface area contributed by atoms with Crippen molar-refractivity contribution in [1.82, 2.24) is 9.55 Å². The fourth-order valence-corrected chi connectivity index (χ4v) is 1.98. The van der Waals surface area contributed by atoms with Crippen LogP contribution < -0.4 is 5.32 Å². The van der Waals surface area contributed by atoms with Crippen LogP contribution in [-0.4, -0.2) is 9.55 Å². The minimum absolute atomic E-state index is 0.909. The van der Waals surface area contributed by atoms with Gasteiger partial charge in [0.2, 0.25) is 5.95 Å². The predicted octanol–water partition coefficient (Wildman–Crippen LogP) is 4.11. The summed E-state index contributed by atoms with van der Waals surface area (Å²) in [5, 5.41) is 3.34. The summed E-state index contributed by atoms with van der Waals surface area (Å²) in [5.74, 6) is 0.909. The topological polar surface area (TPSA) is 29.9 Å². The van der Waals surface area contributed by atoms with Crippen LogP contribution in [0.5, 0.6) is 0 Å². The number of halogens is 1. The first-order valence-electron chi connectivity index (χ1n) is 5.75. The molecule has 2 aromatic rings. The Balaban J connectivity index is 2.20. The van der Waals surface area contributed by atoms with E-state index in [1.807, 2.05) is 31.2 Å². The summed E-state index contributed by atoms with van der Waals surface area (Å²) in [6.45, 7) is 5.16. The number of nitrogens with one attached hydrogen (secondary N) is 1. The van der Waals surface area contributed by atoms with Gasteiger partial charge in [0.25, 0.3) is 0 Å². The molecule has 4 heteroatoms. The molecule has 1 aromatic heterocycles. The second-order valence-corrected chi connectivity index (χ2v) is 4.95. The predicted molar refractivity (Wildman–Crippen MR) is 74.7 cm³/mol. The van der Waals surface area contributed by atoms with Gasteiger partial charge in [-0.3, -0.25) is 0 Å². The average Bonchev–Trinajstić information content (AvgIpc) is 2.63. The molecule has 0 atom stereocenters. The molecule has 1 heterocycles. The third-order valence-electron chi connectivity index (χ3n) is 2.46. The largest absolute Gasteiger partial charge is 0.326 e. The fraction of sp³-hybridized carbons (Fsp3) is 0.308. The number of aryl methyl sites for hydroxylation is 2. The molecule has 0 unspecified atom stereocenters. The van der Waals surface area contributed by atoms with E-state index in [2.05, 4.69) is 43.9 Å². The molecule has 1 N–H and O–H groups in total. The molecule has 0 amide bonds. The molecule has 3 nitrogen and oxygen atoms in total. The van der Waals surface area contributed by atoms with Crippen molar-refractivity contribution in [3.05, 3.63) is 40.6 Å². The van der Waals surface area contributed by atoms with Crippen LogP contribution in [0.25, 0.3) is 0 Å². The van der Waals surface area contributed by atoms with Gasteiger partial charge >= 0.3 is 0 Å². The van der Waals surface area contributed by atoms with Crippen molar-refractivity contribution in [2.24, 2.45) is 0 Å². The van der Waals surface area contributed by atoms with Gasteiger partial charge in [-0.2, -0.15) is 0 Å². The van der Waals surface area contributed by atoms with E-state index < -0.39 is 0 Å². The highest BCUT2D eigenvalue weighted by molar-refractivity contribution is 9.10. The molecule has 17 heavy (non-hydrogen) atoms. The van der Waals surface area contributed by atoms with Crippen LogP contribution in [0.15, 0.2) is 34.9 Å². The third-order valence-corrected chi connectivity index (χ3v) is 2.99. The van der Waals surface area contributed by atoms with Gasteiger partial charge in [0.15, 0.2) is 0 Å². The molecule has 0 fully saturated rings. The molecule has 0 aliphatic carbocycles. The summed E-state index contributed by atoms with van der Waals surface area (Å²) in [5.41, 5.74) is 2.09. The summed E-state index contributed by atoms with van der Waals surface area (Å²) >= 11 is 3.43. The van der Waals surface area contributed by atoms with E-state index in [9.17, 15) is 0 Å². The van der Waals surface area contributed by atoms with Gasteiger partial charge in [0, 0.05) is 22.9 Å². The van der Waals surface area contributed by atoms with Crippen molar-refractivity contribution in [2.45, 2.75) is 26.8 Å². The Kier molecular flexibility index (Phi) is 3.84. The van der Waals surface area contributed by atoms with E-state index in [-0.39, 0.29) is 0 Å². The van der Waals surface area contributed by atoms with E-state index in [1.165, 1.54) is 0 Å². The number of hydrogen-bond donors (Lipinski definition) is 1. The van der Waals surface area contributed by atoms with Crippen LogP contribution in [-0.2, 0) is 6.54 Å². The Bertz CT molecular complexity index is 488. The molecule has 0 radical (unpaired) electrons. The third kappa shape index (κ3) is 3.09. The number of aromatic nitrogens is 2. The lowest BCUT2D eigenvalue weighted by molar-refractivity contribution is 0.686. The Morgan fingerprint density at radius 3 is 2.65 bits per heavy atom. The Morgan fingerprint density at radius 1 is 1.29 bits per heavy atom. The summed E-state index contributed by atoms with van der Waals surface area (Å²) < 4.78 is 3.23. The number of anilines is 2. The zero-order valence-corrected chi connectivity index (χ0v) is 11.7. The van der Waals surface area contributed by atoms with Crippen molar-refractivity contribution in [1.29, 1.82) is 0 Å². The van der Waals surface area contributed by atoms with Gasteiger partial charge in [0.05, 0.1) is 5.69 Å². The Labute approximate surface area is 110 Å². The first-order valence-corrected chi connectivity index (χ1v) is 6.54. The van der Waals surface area contributed by atoms with Gasteiger partial charge < -0.3 is 9.88 Å². The maximum atomic E-state index is 4.49. The normalized spacial score (nSPS) is 10.5. The highest BCUT2D eigenvalue weighted by atomic mass is 79.9. The first-order chi connectivity index (χ1) is 8.19. The molecule has 1 aromatic carbocycles.